The molecule has 2 aromatic carbocycles. The maximum atomic E-state index is 12.7. The SMILES string of the molecule is CC(C)CC1OC(COCC2OC(COC(=O)NCCNC(=O)c3cccc(C=O)c3O)C(O)C(O)C2O)C(O)C(COCC2CC(CO)C(O)C(COCC3OC(COC(=O)NCCNC(=O)c4cccc(C=O)c4O)C(O)C(CC(C)C)C3O)C2O)C1O. The summed E-state index contributed by atoms with van der Waals surface area (Å²) in [5.74, 6) is -6.51. The zero-order valence-corrected chi connectivity index (χ0v) is 50.7. The first-order valence-electron chi connectivity index (χ1n) is 30.3. The first kappa shape index (κ1) is 73.3. The van der Waals surface area contributed by atoms with Crippen molar-refractivity contribution in [2.75, 3.05) is 85.6 Å². The standard InChI is InChI=1S/C60H90N4O26/c1-29(2)15-37-50(72)41(89-44(51(37)73)27-86-59(81)63-13-11-61-57(79)35-9-5-7-31(18-65)46(35)68)24-84-22-38-48(70)33(20-67)17-34(49(38)71)21-83-23-39-52(74)40(16-30(3)4)88-42(53(39)75)25-85-26-43-54(76)56(78)55(77)45(90-43)28-87-60(82)64-14-12-62-58(80)36-10-6-8-32(19-66)47(36)69/h5-10,18-19,29-30,33-34,37-45,48-56,67-78H,11-17,20-28H2,1-4H3,(H,61,79)(H,62,80)(H,63,81)(H,64,82). The summed E-state index contributed by atoms with van der Waals surface area (Å²) in [5, 5.41) is 142. The van der Waals surface area contributed by atoms with E-state index >= 15 is 0 Å². The topological polar surface area (TPSA) is 467 Å². The van der Waals surface area contributed by atoms with Gasteiger partial charge in [-0.2, -0.15) is 0 Å². The minimum atomic E-state index is -1.77. The molecule has 4 amide bonds. The second-order valence-corrected chi connectivity index (χ2v) is 24.1. The number of phenols is 2. The lowest BCUT2D eigenvalue weighted by Crippen LogP contribution is -2.60. The summed E-state index contributed by atoms with van der Waals surface area (Å²) in [6.07, 6.45) is -19.9. The van der Waals surface area contributed by atoms with Crippen molar-refractivity contribution >= 4 is 36.6 Å². The van der Waals surface area contributed by atoms with Crippen LogP contribution in [-0.2, 0) is 37.9 Å². The number of hydrogen-bond donors (Lipinski definition) is 16. The molecular formula is C60H90N4O26. The molecule has 0 radical (unpaired) electrons. The lowest BCUT2D eigenvalue weighted by molar-refractivity contribution is -0.249. The van der Waals surface area contributed by atoms with Gasteiger partial charge in [-0.1, -0.05) is 39.8 Å². The number of ether oxygens (including phenoxy) is 8. The number of aldehydes is 2. The fourth-order valence-corrected chi connectivity index (χ4v) is 11.7. The molecule has 0 bridgehead atoms. The number of phenolic OH excluding ortho intramolecular Hbond substituents is 2. The predicted molar refractivity (Wildman–Crippen MR) is 311 cm³/mol. The number of alkyl carbamates (subject to hydrolysis) is 2. The summed E-state index contributed by atoms with van der Waals surface area (Å²) in [6, 6.07) is 8.13. The van der Waals surface area contributed by atoms with E-state index in [1.165, 1.54) is 36.4 Å². The molecule has 3 saturated heterocycles. The Kier molecular flexibility index (Phi) is 28.7. The molecule has 4 aliphatic rings. The van der Waals surface area contributed by atoms with Crippen molar-refractivity contribution in [2.45, 2.75) is 139 Å². The van der Waals surface area contributed by atoms with Gasteiger partial charge in [0, 0.05) is 62.4 Å². The number of rotatable bonds is 31. The number of para-hydroxylation sites is 2. The van der Waals surface area contributed by atoms with E-state index in [1.807, 2.05) is 27.7 Å². The van der Waals surface area contributed by atoms with Gasteiger partial charge in [-0.3, -0.25) is 19.2 Å². The van der Waals surface area contributed by atoms with Gasteiger partial charge in [0.2, 0.25) is 0 Å². The van der Waals surface area contributed by atoms with E-state index in [0.717, 1.165) is 0 Å². The number of nitrogens with one attached hydrogen (secondary N) is 4. The lowest BCUT2D eigenvalue weighted by atomic mass is 9.71. The van der Waals surface area contributed by atoms with E-state index < -0.39 is 183 Å². The third-order valence-electron chi connectivity index (χ3n) is 16.7. The van der Waals surface area contributed by atoms with Crippen LogP contribution in [0.15, 0.2) is 36.4 Å². The van der Waals surface area contributed by atoms with Crippen molar-refractivity contribution in [1.29, 1.82) is 0 Å². The van der Waals surface area contributed by atoms with Gasteiger partial charge in [0.15, 0.2) is 12.6 Å². The van der Waals surface area contributed by atoms with E-state index in [-0.39, 0.29) is 99.7 Å². The van der Waals surface area contributed by atoms with Crippen LogP contribution in [0.2, 0.25) is 0 Å². The highest BCUT2D eigenvalue weighted by Gasteiger charge is 2.49. The van der Waals surface area contributed by atoms with Crippen LogP contribution >= 0.6 is 0 Å². The Morgan fingerprint density at radius 2 is 0.844 bits per heavy atom. The van der Waals surface area contributed by atoms with E-state index in [0.29, 0.717) is 25.4 Å². The molecule has 90 heavy (non-hydrogen) atoms. The van der Waals surface area contributed by atoms with Crippen LogP contribution < -0.4 is 21.3 Å². The number of aromatic hydroxyl groups is 2. The highest BCUT2D eigenvalue weighted by molar-refractivity contribution is 6.00. The number of benzene rings is 2. The molecule has 0 spiro atoms. The zero-order valence-electron chi connectivity index (χ0n) is 50.7. The number of carbonyl (C=O) groups is 6. The molecule has 6 rings (SSSR count). The number of aliphatic hydroxyl groups is 10. The lowest BCUT2D eigenvalue weighted by Gasteiger charge is -2.45. The Morgan fingerprint density at radius 3 is 1.31 bits per heavy atom. The number of hydrogen-bond acceptors (Lipinski definition) is 26. The molecule has 4 fully saturated rings. The Hall–Kier alpha value is -5.78. The van der Waals surface area contributed by atoms with Crippen molar-refractivity contribution in [3.05, 3.63) is 58.7 Å². The Bertz CT molecular complexity index is 2620. The fraction of sp³-hybridized carbons (Fsp3) is 0.700. The third kappa shape index (κ3) is 19.6. The number of carbonyl (C=O) groups excluding carboxylic acids is 6. The first-order chi connectivity index (χ1) is 42.9. The van der Waals surface area contributed by atoms with Gasteiger partial charge in [0.25, 0.3) is 11.8 Å². The molecule has 3 heterocycles. The molecule has 20 atom stereocenters. The summed E-state index contributed by atoms with van der Waals surface area (Å²) in [4.78, 5) is 72.4. The fourth-order valence-electron chi connectivity index (χ4n) is 11.7. The van der Waals surface area contributed by atoms with Crippen LogP contribution in [0.25, 0.3) is 0 Å². The summed E-state index contributed by atoms with van der Waals surface area (Å²) in [6.45, 7) is 3.95. The van der Waals surface area contributed by atoms with Crippen molar-refractivity contribution < 1.29 is 128 Å². The molecule has 1 aliphatic carbocycles. The second-order valence-electron chi connectivity index (χ2n) is 24.1. The number of amides is 4. The zero-order chi connectivity index (χ0) is 65.9. The van der Waals surface area contributed by atoms with Crippen molar-refractivity contribution in [3.63, 3.8) is 0 Å². The monoisotopic (exact) mass is 1280 g/mol. The molecule has 506 valence electrons. The van der Waals surface area contributed by atoms with Gasteiger partial charge in [-0.15, -0.1) is 0 Å². The first-order valence-corrected chi connectivity index (χ1v) is 30.3. The van der Waals surface area contributed by atoms with Crippen LogP contribution in [0, 0.1) is 41.4 Å². The van der Waals surface area contributed by atoms with Gasteiger partial charge < -0.3 is 120 Å². The quantitative estimate of drug-likeness (QED) is 0.0274. The normalized spacial score (nSPS) is 32.0. The third-order valence-corrected chi connectivity index (χ3v) is 16.7. The minimum Gasteiger partial charge on any atom is -0.506 e. The molecule has 16 N–H and O–H groups in total. The van der Waals surface area contributed by atoms with E-state index in [4.69, 9.17) is 37.9 Å². The molecule has 30 heteroatoms. The molecule has 30 nitrogen and oxygen atoms in total. The van der Waals surface area contributed by atoms with Gasteiger partial charge in [0.05, 0.1) is 105 Å². The summed E-state index contributed by atoms with van der Waals surface area (Å²) in [5.41, 5.74) is -0.446. The van der Waals surface area contributed by atoms with Crippen LogP contribution in [0.4, 0.5) is 9.59 Å². The predicted octanol–water partition coefficient (Wildman–Crippen LogP) is -2.50. The van der Waals surface area contributed by atoms with Gasteiger partial charge in [-0.05, 0) is 55.4 Å². The summed E-state index contributed by atoms with van der Waals surface area (Å²) >= 11 is 0. The molecule has 2 aromatic rings. The molecule has 1 saturated carbocycles. The van der Waals surface area contributed by atoms with Crippen LogP contribution in [-0.4, -0.2) is 275 Å². The average Bonchev–Trinajstić information content (AvgIpc) is 0.977. The van der Waals surface area contributed by atoms with Crippen molar-refractivity contribution in [1.82, 2.24) is 21.3 Å². The smallest absolute Gasteiger partial charge is 0.407 e. The molecule has 0 aromatic heterocycles. The Balaban J connectivity index is 0.969. The van der Waals surface area contributed by atoms with Crippen LogP contribution in [0.5, 0.6) is 11.5 Å². The Morgan fingerprint density at radius 1 is 0.467 bits per heavy atom. The highest BCUT2D eigenvalue weighted by atomic mass is 16.6. The van der Waals surface area contributed by atoms with Crippen molar-refractivity contribution in [3.8, 4) is 11.5 Å². The molecular weight excluding hydrogens is 1190 g/mol. The van der Waals surface area contributed by atoms with Gasteiger partial charge >= 0.3 is 12.2 Å². The maximum Gasteiger partial charge on any atom is 0.407 e. The van der Waals surface area contributed by atoms with Crippen LogP contribution in [0.3, 0.4) is 0 Å². The van der Waals surface area contributed by atoms with E-state index in [2.05, 4.69) is 21.3 Å². The number of aliphatic hydroxyl groups excluding tert-OH is 10. The van der Waals surface area contributed by atoms with Crippen LogP contribution in [0.1, 0.15) is 88.4 Å². The van der Waals surface area contributed by atoms with Gasteiger partial charge in [0.1, 0.15) is 73.5 Å². The average molecular weight is 1280 g/mol. The molecule has 3 aliphatic heterocycles. The highest BCUT2D eigenvalue weighted by Crippen LogP contribution is 2.37. The second kappa shape index (κ2) is 35.3. The maximum absolute atomic E-state index is 12.7. The van der Waals surface area contributed by atoms with E-state index in [1.54, 1.807) is 0 Å². The largest absolute Gasteiger partial charge is 0.506 e. The Labute approximate surface area is 520 Å². The summed E-state index contributed by atoms with van der Waals surface area (Å²) in [7, 11) is 0. The molecule has 20 unspecified atom stereocenters. The summed E-state index contributed by atoms with van der Waals surface area (Å²) < 4.78 is 46.5. The van der Waals surface area contributed by atoms with Gasteiger partial charge in [-0.25, -0.2) is 9.59 Å². The van der Waals surface area contributed by atoms with Crippen molar-refractivity contribution in [2.24, 2.45) is 41.4 Å². The van der Waals surface area contributed by atoms with E-state index in [9.17, 15) is 90.0 Å². The minimum absolute atomic E-state index is 0.00919.